The summed E-state index contributed by atoms with van der Waals surface area (Å²) in [5, 5.41) is 0. The third-order valence-electron chi connectivity index (χ3n) is 5.37. The smallest absolute Gasteiger partial charge is 0.294 e. The Morgan fingerprint density at radius 3 is 1.17 bits per heavy atom. The molecular weight excluding hydrogens is 607 g/mol. The van der Waals surface area contributed by atoms with Crippen molar-refractivity contribution in [2.45, 2.75) is 0 Å². The Labute approximate surface area is 221 Å². The van der Waals surface area contributed by atoms with Crippen LogP contribution in [-0.4, -0.2) is 11.4 Å². The van der Waals surface area contributed by atoms with E-state index in [1.54, 1.807) is 0 Å². The zero-order chi connectivity index (χ0) is 23.0. The zero-order valence-electron chi connectivity index (χ0n) is 18.9. The number of aliphatic imine (C=N–C) groups is 2. The second-order valence-electron chi connectivity index (χ2n) is 7.69. The van der Waals surface area contributed by atoms with Crippen LogP contribution < -0.4 is 0 Å². The molecule has 0 aliphatic heterocycles. The Bertz CT molecular complexity index is 1220. The number of benzene rings is 5. The number of nitrogens with zero attached hydrogens (tertiary/aromatic N) is 2. The van der Waals surface area contributed by atoms with E-state index in [0.29, 0.717) is 0 Å². The molecule has 0 heterocycles. The Kier molecular flexibility index (Phi) is 8.33. The molecule has 0 fully saturated rings. The summed E-state index contributed by atoms with van der Waals surface area (Å²) in [6.45, 7) is 0. The van der Waals surface area contributed by atoms with Crippen molar-refractivity contribution in [2.75, 3.05) is 0 Å². The van der Waals surface area contributed by atoms with Crippen molar-refractivity contribution in [3.05, 3.63) is 168 Å². The minimum atomic E-state index is 0. The van der Waals surface area contributed by atoms with Crippen LogP contribution in [0.1, 0.15) is 22.3 Å². The van der Waals surface area contributed by atoms with Gasteiger partial charge in [0, 0.05) is 0 Å². The van der Waals surface area contributed by atoms with Crippen LogP contribution in [0.2, 0.25) is 0 Å². The zero-order valence-corrected chi connectivity index (χ0v) is 21.2. The number of hydrogen-bond donors (Lipinski definition) is 0. The molecule has 0 aliphatic carbocycles. The Morgan fingerprint density at radius 1 is 0.429 bits per heavy atom. The number of hydrogen-bond acceptors (Lipinski definition) is 2. The summed E-state index contributed by atoms with van der Waals surface area (Å²) in [7, 11) is 0. The molecule has 0 aromatic heterocycles. The van der Waals surface area contributed by atoms with E-state index in [1.807, 2.05) is 109 Å². The minimum absolute atomic E-state index is 0. The normalized spacial score (nSPS) is 11.5. The molecule has 0 spiro atoms. The quantitative estimate of drug-likeness (QED) is 0.136. The minimum Gasteiger partial charge on any atom is -0.294 e. The Hall–Kier alpha value is -3.87. The topological polar surface area (TPSA) is 24.7 Å². The summed E-state index contributed by atoms with van der Waals surface area (Å²) in [5.74, 6) is 0. The Morgan fingerprint density at radius 2 is 0.800 bits per heavy atom. The van der Waals surface area contributed by atoms with Gasteiger partial charge in [0.1, 0.15) is 0 Å². The molecule has 0 unspecified atom stereocenters. The molecular formula is C32H22N2Pt. The van der Waals surface area contributed by atoms with Crippen molar-refractivity contribution in [1.29, 1.82) is 0 Å². The predicted octanol–water partition coefficient (Wildman–Crippen LogP) is 7.62. The van der Waals surface area contributed by atoms with Gasteiger partial charge in [-0.15, -0.1) is 71.8 Å². The molecule has 0 saturated heterocycles. The van der Waals surface area contributed by atoms with E-state index in [4.69, 9.17) is 9.98 Å². The number of para-hydroxylation sites is 2. The van der Waals surface area contributed by atoms with Crippen LogP contribution in [-0.2, 0) is 21.1 Å². The summed E-state index contributed by atoms with van der Waals surface area (Å²) in [6, 6.07) is 50.9. The molecule has 3 heteroatoms. The third-order valence-corrected chi connectivity index (χ3v) is 5.37. The molecule has 0 saturated carbocycles. The van der Waals surface area contributed by atoms with E-state index in [-0.39, 0.29) is 21.1 Å². The second-order valence-corrected chi connectivity index (χ2v) is 7.69. The van der Waals surface area contributed by atoms with Crippen LogP contribution in [0.5, 0.6) is 0 Å². The largest absolute Gasteiger partial charge is 2.00 e. The molecule has 5 aromatic carbocycles. The summed E-state index contributed by atoms with van der Waals surface area (Å²) < 4.78 is 0. The first-order chi connectivity index (χ1) is 16.9. The average molecular weight is 630 g/mol. The molecule has 0 aliphatic rings. The fraction of sp³-hybridized carbons (Fsp3) is 0. The van der Waals surface area contributed by atoms with Gasteiger partial charge in [-0.2, -0.15) is 0 Å². The van der Waals surface area contributed by atoms with Crippen molar-refractivity contribution in [3.63, 3.8) is 0 Å². The molecule has 2 nitrogen and oxygen atoms in total. The van der Waals surface area contributed by atoms with E-state index in [2.05, 4.69) is 36.4 Å². The second kappa shape index (κ2) is 12.0. The standard InChI is InChI=1S/C32H22N2.Pt/c1-5-15-25(16-6-1)31(26-17-7-2-8-18-26)33-29-23-13-14-24-30(29)34-32(27-19-9-3-10-20-27)28-21-11-4-12-22-28;/h1-17,19-21,23-24H;/q-2;+2. The van der Waals surface area contributed by atoms with Crippen LogP contribution in [0.3, 0.4) is 0 Å². The maximum absolute atomic E-state index is 5.11. The van der Waals surface area contributed by atoms with Crippen molar-refractivity contribution >= 4 is 22.8 Å². The van der Waals surface area contributed by atoms with Gasteiger partial charge in [-0.1, -0.05) is 72.8 Å². The SMILES string of the molecule is [Pt+2].[c-]1ccccc1C(=Nc1ccccc1N=C(c1[c-]cccc1)c1ccccc1)c1ccccc1. The van der Waals surface area contributed by atoms with Gasteiger partial charge in [0.25, 0.3) is 0 Å². The van der Waals surface area contributed by atoms with Gasteiger partial charge in [0.2, 0.25) is 0 Å². The molecule has 170 valence electrons. The maximum atomic E-state index is 5.11. The van der Waals surface area contributed by atoms with Gasteiger partial charge in [0.15, 0.2) is 0 Å². The molecule has 0 amide bonds. The summed E-state index contributed by atoms with van der Waals surface area (Å²) in [4.78, 5) is 10.2. The first-order valence-electron chi connectivity index (χ1n) is 11.2. The summed E-state index contributed by atoms with van der Waals surface area (Å²) in [6.07, 6.45) is 0. The fourth-order valence-electron chi connectivity index (χ4n) is 3.73. The van der Waals surface area contributed by atoms with E-state index < -0.39 is 0 Å². The summed E-state index contributed by atoms with van der Waals surface area (Å²) >= 11 is 0. The first-order valence-corrected chi connectivity index (χ1v) is 11.2. The van der Waals surface area contributed by atoms with E-state index >= 15 is 0 Å². The monoisotopic (exact) mass is 629 g/mol. The maximum Gasteiger partial charge on any atom is 2.00 e. The van der Waals surface area contributed by atoms with Gasteiger partial charge >= 0.3 is 21.1 Å². The van der Waals surface area contributed by atoms with Gasteiger partial charge in [-0.05, 0) is 34.7 Å². The molecule has 35 heavy (non-hydrogen) atoms. The third kappa shape index (κ3) is 5.98. The van der Waals surface area contributed by atoms with E-state index in [0.717, 1.165) is 45.1 Å². The molecule has 5 aromatic rings. The van der Waals surface area contributed by atoms with E-state index in [9.17, 15) is 0 Å². The van der Waals surface area contributed by atoms with Crippen LogP contribution in [0.15, 0.2) is 143 Å². The van der Waals surface area contributed by atoms with Crippen LogP contribution >= 0.6 is 0 Å². The first kappa shape index (κ1) is 24.3. The van der Waals surface area contributed by atoms with Crippen molar-refractivity contribution in [3.8, 4) is 0 Å². The summed E-state index contributed by atoms with van der Waals surface area (Å²) in [5.41, 5.74) is 7.24. The number of rotatable bonds is 6. The van der Waals surface area contributed by atoms with Gasteiger partial charge in [-0.3, -0.25) is 9.98 Å². The molecule has 0 bridgehead atoms. The van der Waals surface area contributed by atoms with E-state index in [1.165, 1.54) is 0 Å². The molecule has 0 atom stereocenters. The van der Waals surface area contributed by atoms with Crippen LogP contribution in [0.4, 0.5) is 11.4 Å². The molecule has 0 N–H and O–H groups in total. The van der Waals surface area contributed by atoms with Gasteiger partial charge < -0.3 is 0 Å². The molecule has 5 rings (SSSR count). The van der Waals surface area contributed by atoms with Gasteiger partial charge in [0.05, 0.1) is 11.4 Å². The van der Waals surface area contributed by atoms with Crippen LogP contribution in [0, 0.1) is 12.1 Å². The fourth-order valence-corrected chi connectivity index (χ4v) is 3.73. The predicted molar refractivity (Wildman–Crippen MR) is 140 cm³/mol. The van der Waals surface area contributed by atoms with Crippen molar-refractivity contribution < 1.29 is 21.1 Å². The average Bonchev–Trinajstić information content (AvgIpc) is 2.93. The van der Waals surface area contributed by atoms with Crippen LogP contribution in [0.25, 0.3) is 0 Å². The van der Waals surface area contributed by atoms with Crippen molar-refractivity contribution in [2.24, 2.45) is 9.98 Å². The Balaban J connectivity index is 0.00000289. The van der Waals surface area contributed by atoms with Crippen molar-refractivity contribution in [1.82, 2.24) is 0 Å². The van der Waals surface area contributed by atoms with Gasteiger partial charge in [-0.25, -0.2) is 0 Å². The molecule has 0 radical (unpaired) electrons.